The summed E-state index contributed by atoms with van der Waals surface area (Å²) in [7, 11) is 0. The number of amides is 1. The third-order valence-corrected chi connectivity index (χ3v) is 5.68. The molecule has 1 aromatic heterocycles. The lowest BCUT2D eigenvalue weighted by molar-refractivity contribution is -0.120. The second-order valence-corrected chi connectivity index (χ2v) is 8.97. The number of hydrazone groups is 1. The highest BCUT2D eigenvalue weighted by Gasteiger charge is 2.13. The molecule has 1 amide bonds. The molecule has 2 aromatic carbocycles. The molecule has 9 nitrogen and oxygen atoms in total. The second-order valence-electron chi connectivity index (χ2n) is 7.47. The molecule has 3 N–H and O–H groups in total. The van der Waals surface area contributed by atoms with E-state index in [4.69, 9.17) is 31.5 Å². The molecular formula is C24H28ClN5O4S. The number of anilines is 1. The summed E-state index contributed by atoms with van der Waals surface area (Å²) in [5.74, 6) is 1.37. The molecule has 0 atom stereocenters. The highest BCUT2D eigenvalue weighted by Crippen LogP contribution is 2.36. The van der Waals surface area contributed by atoms with E-state index in [2.05, 4.69) is 33.7 Å². The van der Waals surface area contributed by atoms with Gasteiger partial charge < -0.3 is 19.9 Å². The van der Waals surface area contributed by atoms with Crippen molar-refractivity contribution in [3.63, 3.8) is 0 Å². The summed E-state index contributed by atoms with van der Waals surface area (Å²) in [6.45, 7) is 7.08. The summed E-state index contributed by atoms with van der Waals surface area (Å²) in [6.07, 6.45) is 2.45. The van der Waals surface area contributed by atoms with Crippen LogP contribution < -0.4 is 25.4 Å². The standard InChI is InChI=1S/C24H28ClN5O4S/c1-4-16-8-15(3)9-18(10-16)33-6-7-34-23-19(25)11-17(12-20(23)32-5-2)14-27-28-21(31)13-22-29-30-24(26)35-22/h8-12,14H,4-7,13H2,1-3H3,(H2,26,30)(H,28,31). The molecule has 0 saturated carbocycles. The van der Waals surface area contributed by atoms with Crippen molar-refractivity contribution in [1.29, 1.82) is 0 Å². The predicted octanol–water partition coefficient (Wildman–Crippen LogP) is 4.19. The van der Waals surface area contributed by atoms with Crippen LogP contribution >= 0.6 is 22.9 Å². The van der Waals surface area contributed by atoms with E-state index in [0.717, 1.165) is 29.1 Å². The molecule has 0 bridgehead atoms. The van der Waals surface area contributed by atoms with Crippen LogP contribution in [-0.2, 0) is 17.6 Å². The first-order valence-electron chi connectivity index (χ1n) is 11.1. The van der Waals surface area contributed by atoms with Gasteiger partial charge in [-0.25, -0.2) is 5.43 Å². The average Bonchev–Trinajstić information content (AvgIpc) is 3.22. The lowest BCUT2D eigenvalue weighted by Crippen LogP contribution is -2.19. The Kier molecular flexibility index (Phi) is 9.68. The molecular weight excluding hydrogens is 490 g/mol. The third kappa shape index (κ3) is 8.11. The van der Waals surface area contributed by atoms with Crippen LogP contribution in [0.5, 0.6) is 17.2 Å². The monoisotopic (exact) mass is 517 g/mol. The smallest absolute Gasteiger partial charge is 0.247 e. The normalized spacial score (nSPS) is 11.0. The number of nitrogens with one attached hydrogen (secondary N) is 1. The number of benzene rings is 2. The van der Waals surface area contributed by atoms with Crippen LogP contribution in [0.1, 0.15) is 35.5 Å². The van der Waals surface area contributed by atoms with Crippen LogP contribution in [0.2, 0.25) is 5.02 Å². The van der Waals surface area contributed by atoms with Gasteiger partial charge in [-0.3, -0.25) is 4.79 Å². The number of nitrogens with two attached hydrogens (primary N) is 1. The highest BCUT2D eigenvalue weighted by molar-refractivity contribution is 7.15. The van der Waals surface area contributed by atoms with Gasteiger partial charge in [-0.15, -0.1) is 10.2 Å². The molecule has 0 aliphatic carbocycles. The van der Waals surface area contributed by atoms with E-state index in [1.165, 1.54) is 11.8 Å². The van der Waals surface area contributed by atoms with Gasteiger partial charge in [0.2, 0.25) is 11.0 Å². The molecule has 3 rings (SSSR count). The zero-order chi connectivity index (χ0) is 25.2. The Morgan fingerprint density at radius 3 is 2.66 bits per heavy atom. The van der Waals surface area contributed by atoms with E-state index in [9.17, 15) is 4.79 Å². The minimum Gasteiger partial charge on any atom is -0.490 e. The molecule has 35 heavy (non-hydrogen) atoms. The molecule has 0 aliphatic heterocycles. The van der Waals surface area contributed by atoms with Gasteiger partial charge in [-0.2, -0.15) is 5.10 Å². The van der Waals surface area contributed by atoms with Crippen molar-refractivity contribution in [3.05, 3.63) is 57.1 Å². The van der Waals surface area contributed by atoms with Crippen LogP contribution in [0.25, 0.3) is 0 Å². The van der Waals surface area contributed by atoms with Gasteiger partial charge in [0.05, 0.1) is 24.3 Å². The number of ether oxygens (including phenoxy) is 3. The van der Waals surface area contributed by atoms with Crippen LogP contribution in [0.4, 0.5) is 5.13 Å². The van der Waals surface area contributed by atoms with Crippen molar-refractivity contribution in [2.45, 2.75) is 33.6 Å². The number of aromatic nitrogens is 2. The van der Waals surface area contributed by atoms with Gasteiger partial charge >= 0.3 is 0 Å². The number of nitrogens with zero attached hydrogens (tertiary/aromatic N) is 3. The highest BCUT2D eigenvalue weighted by atomic mass is 35.5. The number of nitrogen functional groups attached to an aromatic ring is 1. The predicted molar refractivity (Wildman–Crippen MR) is 138 cm³/mol. The topological polar surface area (TPSA) is 121 Å². The summed E-state index contributed by atoms with van der Waals surface area (Å²) in [4.78, 5) is 12.0. The molecule has 0 spiro atoms. The lowest BCUT2D eigenvalue weighted by Gasteiger charge is -2.15. The molecule has 0 unspecified atom stereocenters. The molecule has 0 radical (unpaired) electrons. The molecule has 186 valence electrons. The van der Waals surface area contributed by atoms with Gasteiger partial charge in [0.25, 0.3) is 0 Å². The Balaban J connectivity index is 1.58. The Labute approximate surface area is 213 Å². The number of aryl methyl sites for hydroxylation is 2. The van der Waals surface area contributed by atoms with Gasteiger partial charge in [-0.05, 0) is 61.2 Å². The van der Waals surface area contributed by atoms with E-state index in [-0.39, 0.29) is 18.9 Å². The summed E-state index contributed by atoms with van der Waals surface area (Å²) < 4.78 is 17.4. The zero-order valence-corrected chi connectivity index (χ0v) is 21.4. The fourth-order valence-corrected chi connectivity index (χ4v) is 4.06. The number of halogens is 1. The Bertz CT molecular complexity index is 1180. The fraction of sp³-hybridized carbons (Fsp3) is 0.333. The van der Waals surface area contributed by atoms with Crippen molar-refractivity contribution < 1.29 is 19.0 Å². The minimum absolute atomic E-state index is 0.0360. The van der Waals surface area contributed by atoms with Crippen molar-refractivity contribution in [2.24, 2.45) is 5.10 Å². The molecule has 0 aliphatic rings. The Morgan fingerprint density at radius 2 is 1.94 bits per heavy atom. The summed E-state index contributed by atoms with van der Waals surface area (Å²) in [5.41, 5.74) is 11.0. The van der Waals surface area contributed by atoms with E-state index in [0.29, 0.717) is 45.4 Å². The molecule has 1 heterocycles. The van der Waals surface area contributed by atoms with Crippen LogP contribution in [0.3, 0.4) is 0 Å². The van der Waals surface area contributed by atoms with Crippen molar-refractivity contribution in [1.82, 2.24) is 15.6 Å². The SMILES string of the molecule is CCOc1cc(C=NNC(=O)Cc2nnc(N)s2)cc(Cl)c1OCCOc1cc(C)cc(CC)c1. The summed E-state index contributed by atoms with van der Waals surface area (Å²) in [6, 6.07) is 9.58. The van der Waals surface area contributed by atoms with Crippen molar-refractivity contribution >= 4 is 40.2 Å². The molecule has 3 aromatic rings. The zero-order valence-electron chi connectivity index (χ0n) is 19.8. The molecule has 11 heteroatoms. The van der Waals surface area contributed by atoms with E-state index < -0.39 is 0 Å². The van der Waals surface area contributed by atoms with Crippen LogP contribution in [0, 0.1) is 6.92 Å². The van der Waals surface area contributed by atoms with Gasteiger partial charge in [0.1, 0.15) is 24.0 Å². The largest absolute Gasteiger partial charge is 0.490 e. The first kappa shape index (κ1) is 26.2. The van der Waals surface area contributed by atoms with Crippen molar-refractivity contribution in [2.75, 3.05) is 25.6 Å². The van der Waals surface area contributed by atoms with E-state index in [1.54, 1.807) is 12.1 Å². The first-order valence-corrected chi connectivity index (χ1v) is 12.3. The van der Waals surface area contributed by atoms with Crippen LogP contribution in [-0.4, -0.2) is 42.1 Å². The van der Waals surface area contributed by atoms with Crippen molar-refractivity contribution in [3.8, 4) is 17.2 Å². The minimum atomic E-state index is -0.340. The maximum Gasteiger partial charge on any atom is 0.247 e. The first-order chi connectivity index (χ1) is 16.9. The molecule has 0 saturated heterocycles. The maximum atomic E-state index is 12.0. The molecule has 0 fully saturated rings. The third-order valence-electron chi connectivity index (χ3n) is 4.65. The van der Waals surface area contributed by atoms with E-state index in [1.807, 2.05) is 26.0 Å². The van der Waals surface area contributed by atoms with Gasteiger partial charge in [0, 0.05) is 0 Å². The second kappa shape index (κ2) is 12.9. The van der Waals surface area contributed by atoms with E-state index >= 15 is 0 Å². The van der Waals surface area contributed by atoms with Gasteiger partial charge in [0.15, 0.2) is 11.5 Å². The van der Waals surface area contributed by atoms with Gasteiger partial charge in [-0.1, -0.05) is 35.9 Å². The number of carbonyl (C=O) groups is 1. The lowest BCUT2D eigenvalue weighted by atomic mass is 10.1. The number of carbonyl (C=O) groups excluding carboxylic acids is 1. The Hall–Kier alpha value is -3.37. The fourth-order valence-electron chi connectivity index (χ4n) is 3.17. The van der Waals surface area contributed by atoms with Crippen LogP contribution in [0.15, 0.2) is 35.4 Å². The summed E-state index contributed by atoms with van der Waals surface area (Å²) >= 11 is 7.61. The number of hydrogen-bond donors (Lipinski definition) is 2. The number of rotatable bonds is 12. The summed E-state index contributed by atoms with van der Waals surface area (Å²) in [5, 5.41) is 12.6. The quantitative estimate of drug-likeness (QED) is 0.210. The average molecular weight is 518 g/mol. The number of hydrogen-bond acceptors (Lipinski definition) is 9. The maximum absolute atomic E-state index is 12.0. The Morgan fingerprint density at radius 1 is 1.14 bits per heavy atom.